The summed E-state index contributed by atoms with van der Waals surface area (Å²) in [6.45, 7) is 11.9. The number of hydrogen-bond acceptors (Lipinski definition) is 4. The van der Waals surface area contributed by atoms with Crippen LogP contribution in [0.15, 0.2) is 6.07 Å². The predicted molar refractivity (Wildman–Crippen MR) is 69.5 cm³/mol. The van der Waals surface area contributed by atoms with E-state index < -0.39 is 0 Å². The molecule has 0 amide bonds. The molecule has 0 bridgehead atoms. The van der Waals surface area contributed by atoms with Gasteiger partial charge in [0.15, 0.2) is 0 Å². The van der Waals surface area contributed by atoms with Gasteiger partial charge in [-0.15, -0.1) is 10.2 Å². The summed E-state index contributed by atoms with van der Waals surface area (Å²) >= 11 is 0. The molecule has 2 aromatic heterocycles. The Morgan fingerprint density at radius 2 is 1.65 bits per heavy atom. The summed E-state index contributed by atoms with van der Waals surface area (Å²) in [7, 11) is 1.58. The summed E-state index contributed by atoms with van der Waals surface area (Å²) in [5.74, 6) is 1.98. The minimum Gasteiger partial charge on any atom is -0.481 e. The maximum Gasteiger partial charge on any atom is 0.258 e. The normalized spacial score (nSPS) is 8.88. The van der Waals surface area contributed by atoms with Gasteiger partial charge in [0.25, 0.3) is 5.78 Å². The summed E-state index contributed by atoms with van der Waals surface area (Å²) in [6.07, 6.45) is 0. The molecule has 0 N–H and O–H groups in total. The standard InChI is InChI=1S/C8H10N4O.2C2H6/c1-5-4-7(13-3)9-8-11-10-6(2)12(5)8;2*1-2/h4H,1-3H3;2*1-2H3. The highest BCUT2D eigenvalue weighted by Gasteiger charge is 2.06. The average molecular weight is 238 g/mol. The zero-order valence-corrected chi connectivity index (χ0v) is 11.8. The lowest BCUT2D eigenvalue weighted by Crippen LogP contribution is -1.98. The van der Waals surface area contributed by atoms with E-state index in [1.165, 1.54) is 0 Å². The fourth-order valence-corrected chi connectivity index (χ4v) is 1.32. The van der Waals surface area contributed by atoms with Crippen molar-refractivity contribution in [3.8, 4) is 5.88 Å². The van der Waals surface area contributed by atoms with Crippen LogP contribution in [0, 0.1) is 13.8 Å². The molecule has 2 heterocycles. The summed E-state index contributed by atoms with van der Waals surface area (Å²) in [4.78, 5) is 4.14. The average Bonchev–Trinajstić information content (AvgIpc) is 2.76. The highest BCUT2D eigenvalue weighted by Crippen LogP contribution is 2.12. The number of aromatic nitrogens is 4. The van der Waals surface area contributed by atoms with Crippen LogP contribution >= 0.6 is 0 Å². The number of aryl methyl sites for hydroxylation is 2. The molecular weight excluding hydrogens is 216 g/mol. The highest BCUT2D eigenvalue weighted by molar-refractivity contribution is 5.34. The Morgan fingerprint density at radius 1 is 1.06 bits per heavy atom. The van der Waals surface area contributed by atoms with E-state index in [9.17, 15) is 0 Å². The number of hydrogen-bond donors (Lipinski definition) is 0. The van der Waals surface area contributed by atoms with Gasteiger partial charge in [0.1, 0.15) is 5.82 Å². The number of rotatable bonds is 1. The fourth-order valence-electron chi connectivity index (χ4n) is 1.32. The van der Waals surface area contributed by atoms with Crippen LogP contribution in [-0.4, -0.2) is 26.7 Å². The Labute approximate surface area is 103 Å². The first-order valence-corrected chi connectivity index (χ1v) is 5.95. The van der Waals surface area contributed by atoms with Crippen molar-refractivity contribution < 1.29 is 4.74 Å². The second kappa shape index (κ2) is 7.60. The van der Waals surface area contributed by atoms with E-state index in [1.54, 1.807) is 7.11 Å². The van der Waals surface area contributed by atoms with E-state index in [2.05, 4.69) is 15.2 Å². The first-order chi connectivity index (χ1) is 8.22. The zero-order valence-electron chi connectivity index (χ0n) is 11.8. The van der Waals surface area contributed by atoms with Gasteiger partial charge in [-0.3, -0.25) is 4.40 Å². The Bertz CT molecular complexity index is 451. The first-order valence-electron chi connectivity index (χ1n) is 5.95. The Morgan fingerprint density at radius 3 is 2.18 bits per heavy atom. The van der Waals surface area contributed by atoms with Crippen molar-refractivity contribution in [2.75, 3.05) is 7.11 Å². The molecule has 0 fully saturated rings. The van der Waals surface area contributed by atoms with Crippen molar-refractivity contribution in [2.45, 2.75) is 41.5 Å². The summed E-state index contributed by atoms with van der Waals surface area (Å²) < 4.78 is 6.90. The summed E-state index contributed by atoms with van der Waals surface area (Å²) in [6, 6.07) is 1.85. The van der Waals surface area contributed by atoms with Crippen LogP contribution in [0.3, 0.4) is 0 Å². The van der Waals surface area contributed by atoms with Crippen molar-refractivity contribution in [2.24, 2.45) is 0 Å². The molecule has 0 atom stereocenters. The molecule has 0 saturated heterocycles. The predicted octanol–water partition coefficient (Wildman–Crippen LogP) is 2.80. The molecule has 0 aliphatic carbocycles. The van der Waals surface area contributed by atoms with Gasteiger partial charge in [0.05, 0.1) is 7.11 Å². The van der Waals surface area contributed by atoms with E-state index in [1.807, 2.05) is 52.0 Å². The molecular formula is C12H22N4O. The van der Waals surface area contributed by atoms with Crippen LogP contribution in [0.25, 0.3) is 5.78 Å². The molecule has 5 nitrogen and oxygen atoms in total. The van der Waals surface area contributed by atoms with Crippen LogP contribution in [-0.2, 0) is 0 Å². The van der Waals surface area contributed by atoms with E-state index >= 15 is 0 Å². The lowest BCUT2D eigenvalue weighted by atomic mass is 10.4. The Kier molecular flexibility index (Phi) is 6.86. The minimum atomic E-state index is 0.567. The number of ether oxygens (including phenoxy) is 1. The first kappa shape index (κ1) is 15.3. The second-order valence-corrected chi connectivity index (χ2v) is 2.82. The monoisotopic (exact) mass is 238 g/mol. The third-order valence-electron chi connectivity index (χ3n) is 1.91. The maximum absolute atomic E-state index is 5.02. The molecule has 0 spiro atoms. The summed E-state index contributed by atoms with van der Waals surface area (Å²) in [5.41, 5.74) is 1.02. The third kappa shape index (κ3) is 3.41. The number of nitrogens with zero attached hydrogens (tertiary/aromatic N) is 4. The van der Waals surface area contributed by atoms with Gasteiger partial charge in [-0.1, -0.05) is 27.7 Å². The molecule has 2 aromatic rings. The number of methoxy groups -OCH3 is 1. The third-order valence-corrected chi connectivity index (χ3v) is 1.91. The second-order valence-electron chi connectivity index (χ2n) is 2.82. The van der Waals surface area contributed by atoms with Crippen molar-refractivity contribution >= 4 is 5.78 Å². The molecule has 96 valence electrons. The van der Waals surface area contributed by atoms with Gasteiger partial charge in [-0.2, -0.15) is 4.98 Å². The van der Waals surface area contributed by atoms with Gasteiger partial charge in [-0.05, 0) is 13.8 Å². The van der Waals surface area contributed by atoms with Crippen LogP contribution < -0.4 is 4.74 Å². The largest absolute Gasteiger partial charge is 0.481 e. The molecule has 0 aromatic carbocycles. The molecule has 0 aliphatic rings. The topological polar surface area (TPSA) is 52.3 Å². The molecule has 5 heteroatoms. The summed E-state index contributed by atoms with van der Waals surface area (Å²) in [5, 5.41) is 7.84. The zero-order chi connectivity index (χ0) is 13.4. The number of fused-ring (bicyclic) bond motifs is 1. The highest BCUT2D eigenvalue weighted by atomic mass is 16.5. The van der Waals surface area contributed by atoms with Crippen LogP contribution in [0.4, 0.5) is 0 Å². The van der Waals surface area contributed by atoms with Gasteiger partial charge in [-0.25, -0.2) is 0 Å². The van der Waals surface area contributed by atoms with Crippen molar-refractivity contribution in [3.63, 3.8) is 0 Å². The van der Waals surface area contributed by atoms with E-state index in [0.717, 1.165) is 11.5 Å². The molecule has 0 aliphatic heterocycles. The Hall–Kier alpha value is -1.65. The Balaban J connectivity index is 0.000000581. The lowest BCUT2D eigenvalue weighted by molar-refractivity contribution is 0.397. The van der Waals surface area contributed by atoms with Gasteiger partial charge >= 0.3 is 0 Å². The van der Waals surface area contributed by atoms with Crippen LogP contribution in [0.1, 0.15) is 39.2 Å². The van der Waals surface area contributed by atoms with Crippen molar-refractivity contribution in [1.82, 2.24) is 19.6 Å². The van der Waals surface area contributed by atoms with Crippen LogP contribution in [0.5, 0.6) is 5.88 Å². The molecule has 0 radical (unpaired) electrons. The van der Waals surface area contributed by atoms with E-state index in [0.29, 0.717) is 11.7 Å². The maximum atomic E-state index is 5.02. The smallest absolute Gasteiger partial charge is 0.258 e. The molecule has 0 unspecified atom stereocenters. The van der Waals surface area contributed by atoms with Gasteiger partial charge < -0.3 is 4.74 Å². The quantitative estimate of drug-likeness (QED) is 0.766. The van der Waals surface area contributed by atoms with E-state index in [-0.39, 0.29) is 0 Å². The van der Waals surface area contributed by atoms with Crippen LogP contribution in [0.2, 0.25) is 0 Å². The van der Waals surface area contributed by atoms with Crippen molar-refractivity contribution in [1.29, 1.82) is 0 Å². The fraction of sp³-hybridized carbons (Fsp3) is 0.583. The molecule has 17 heavy (non-hydrogen) atoms. The van der Waals surface area contributed by atoms with Crippen molar-refractivity contribution in [3.05, 3.63) is 17.6 Å². The molecule has 2 rings (SSSR count). The molecule has 0 saturated carbocycles. The van der Waals surface area contributed by atoms with Gasteiger partial charge in [0, 0.05) is 11.8 Å². The minimum absolute atomic E-state index is 0.567. The lowest BCUT2D eigenvalue weighted by Gasteiger charge is -2.02. The van der Waals surface area contributed by atoms with Gasteiger partial charge in [0.2, 0.25) is 5.88 Å². The SMILES string of the molecule is CC.CC.COc1cc(C)n2c(C)nnc2n1. The van der Waals surface area contributed by atoms with E-state index in [4.69, 9.17) is 4.74 Å².